The molecule has 1 aromatic rings. The minimum Gasteiger partial charge on any atom is -0.356 e. The minimum absolute atomic E-state index is 0. The second-order valence-corrected chi connectivity index (χ2v) is 6.74. The van der Waals surface area contributed by atoms with E-state index in [0.717, 1.165) is 25.0 Å². The first-order valence-corrected chi connectivity index (χ1v) is 8.25. The van der Waals surface area contributed by atoms with Crippen LogP contribution in [0.15, 0.2) is 17.1 Å². The second-order valence-electron chi connectivity index (χ2n) is 5.37. The summed E-state index contributed by atoms with van der Waals surface area (Å²) in [5.74, 6) is 1.66. The molecule has 1 atom stereocenters. The summed E-state index contributed by atoms with van der Waals surface area (Å²) in [6, 6.07) is 4.34. The number of hydrogen-bond acceptors (Lipinski definition) is 3. The molecule has 21 heavy (non-hydrogen) atoms. The molecule has 2 heterocycles. The van der Waals surface area contributed by atoms with E-state index in [1.54, 1.807) is 0 Å². The molecule has 0 aliphatic carbocycles. The summed E-state index contributed by atoms with van der Waals surface area (Å²) < 4.78 is 0. The molecule has 1 fully saturated rings. The van der Waals surface area contributed by atoms with Gasteiger partial charge in [0.05, 0.1) is 6.54 Å². The van der Waals surface area contributed by atoms with Crippen LogP contribution in [-0.2, 0) is 6.54 Å². The Bertz CT molecular complexity index is 447. The molecule has 0 aromatic carbocycles. The highest BCUT2D eigenvalue weighted by molar-refractivity contribution is 14.0. The van der Waals surface area contributed by atoms with Crippen molar-refractivity contribution in [3.63, 3.8) is 0 Å². The molecule has 1 aliphatic heterocycles. The lowest BCUT2D eigenvalue weighted by molar-refractivity contribution is 0.342. The average Bonchev–Trinajstić information content (AvgIpc) is 3.08. The Morgan fingerprint density at radius 2 is 2.24 bits per heavy atom. The summed E-state index contributed by atoms with van der Waals surface area (Å²) in [4.78, 5) is 9.51. The Hall–Kier alpha value is -0.340. The Morgan fingerprint density at radius 3 is 2.81 bits per heavy atom. The lowest BCUT2D eigenvalue weighted by Gasteiger charge is -2.16. The van der Waals surface area contributed by atoms with Crippen molar-refractivity contribution in [3.05, 3.63) is 21.9 Å². The Labute approximate surface area is 149 Å². The van der Waals surface area contributed by atoms with E-state index in [1.165, 1.54) is 35.8 Å². The molecule has 0 radical (unpaired) electrons. The Balaban J connectivity index is 0.00000220. The lowest BCUT2D eigenvalue weighted by atomic mass is 10.1. The van der Waals surface area contributed by atoms with Gasteiger partial charge in [0.15, 0.2) is 5.96 Å². The van der Waals surface area contributed by atoms with Crippen LogP contribution in [0.5, 0.6) is 0 Å². The van der Waals surface area contributed by atoms with Crippen molar-refractivity contribution in [2.24, 2.45) is 10.9 Å². The van der Waals surface area contributed by atoms with Crippen molar-refractivity contribution in [1.82, 2.24) is 15.5 Å². The van der Waals surface area contributed by atoms with E-state index in [4.69, 9.17) is 0 Å². The topological polar surface area (TPSA) is 39.7 Å². The van der Waals surface area contributed by atoms with Crippen molar-refractivity contribution in [2.75, 3.05) is 33.2 Å². The number of likely N-dealkylation sites (tertiary alicyclic amines) is 1. The third kappa shape index (κ3) is 6.12. The van der Waals surface area contributed by atoms with Gasteiger partial charge in [-0.3, -0.25) is 4.99 Å². The van der Waals surface area contributed by atoms with Crippen molar-refractivity contribution in [3.8, 4) is 0 Å². The lowest BCUT2D eigenvalue weighted by Crippen LogP contribution is -2.39. The normalized spacial score (nSPS) is 19.4. The van der Waals surface area contributed by atoms with Crippen LogP contribution in [0, 0.1) is 12.8 Å². The van der Waals surface area contributed by atoms with Gasteiger partial charge in [0.1, 0.15) is 0 Å². The third-order valence-electron chi connectivity index (χ3n) is 3.83. The van der Waals surface area contributed by atoms with Crippen LogP contribution in [-0.4, -0.2) is 44.1 Å². The predicted octanol–water partition coefficient (Wildman–Crippen LogP) is 2.68. The fourth-order valence-corrected chi connectivity index (χ4v) is 3.41. The first-order valence-electron chi connectivity index (χ1n) is 7.43. The number of aliphatic imine (C=N–C) groups is 1. The first-order chi connectivity index (χ1) is 9.71. The second kappa shape index (κ2) is 9.63. The minimum atomic E-state index is 0. The highest BCUT2D eigenvalue weighted by Gasteiger charge is 2.20. The fraction of sp³-hybridized carbons (Fsp3) is 0.667. The van der Waals surface area contributed by atoms with Crippen LogP contribution in [0.3, 0.4) is 0 Å². The summed E-state index contributed by atoms with van der Waals surface area (Å²) in [6.07, 6.45) is 1.29. The van der Waals surface area contributed by atoms with Crippen LogP contribution < -0.4 is 10.6 Å². The van der Waals surface area contributed by atoms with Gasteiger partial charge in [0, 0.05) is 29.9 Å². The number of guanidine groups is 1. The molecule has 2 rings (SSSR count). The average molecular weight is 422 g/mol. The molecule has 120 valence electrons. The van der Waals surface area contributed by atoms with Gasteiger partial charge in [-0.15, -0.1) is 35.3 Å². The number of nitrogens with zero attached hydrogens (tertiary/aromatic N) is 2. The van der Waals surface area contributed by atoms with Crippen LogP contribution >= 0.6 is 35.3 Å². The zero-order chi connectivity index (χ0) is 14.4. The Morgan fingerprint density at radius 1 is 1.43 bits per heavy atom. The van der Waals surface area contributed by atoms with Gasteiger partial charge in [-0.1, -0.05) is 6.92 Å². The Kier molecular flexibility index (Phi) is 8.58. The summed E-state index contributed by atoms with van der Waals surface area (Å²) in [5, 5.41) is 6.83. The number of thiophene rings is 1. The SMILES string of the molecule is CCN1CCC(CNC(=NC)NCc2ccc(C)s2)C1.I. The molecule has 6 heteroatoms. The maximum atomic E-state index is 4.30. The van der Waals surface area contributed by atoms with Crippen LogP contribution in [0.2, 0.25) is 0 Å². The van der Waals surface area contributed by atoms with Gasteiger partial charge in [0.2, 0.25) is 0 Å². The fourth-order valence-electron chi connectivity index (χ4n) is 2.58. The third-order valence-corrected chi connectivity index (χ3v) is 4.83. The molecule has 1 saturated heterocycles. The van der Waals surface area contributed by atoms with E-state index < -0.39 is 0 Å². The summed E-state index contributed by atoms with van der Waals surface area (Å²) in [6.45, 7) is 9.86. The first kappa shape index (κ1) is 18.7. The molecule has 1 aromatic heterocycles. The quantitative estimate of drug-likeness (QED) is 0.436. The van der Waals surface area contributed by atoms with Crippen LogP contribution in [0.25, 0.3) is 0 Å². The van der Waals surface area contributed by atoms with E-state index in [2.05, 4.69) is 46.5 Å². The maximum Gasteiger partial charge on any atom is 0.191 e. The number of nitrogens with one attached hydrogen (secondary N) is 2. The standard InChI is InChI=1S/C15H26N4S.HI/c1-4-19-8-7-13(11-19)9-17-15(16-3)18-10-14-6-5-12(2)20-14;/h5-6,13H,4,7-11H2,1-3H3,(H2,16,17,18);1H. The van der Waals surface area contributed by atoms with E-state index in [9.17, 15) is 0 Å². The van der Waals surface area contributed by atoms with E-state index in [0.29, 0.717) is 0 Å². The van der Waals surface area contributed by atoms with Gasteiger partial charge in [-0.2, -0.15) is 0 Å². The van der Waals surface area contributed by atoms with E-state index >= 15 is 0 Å². The summed E-state index contributed by atoms with van der Waals surface area (Å²) in [7, 11) is 1.84. The highest BCUT2D eigenvalue weighted by Crippen LogP contribution is 2.15. The highest BCUT2D eigenvalue weighted by atomic mass is 127. The molecular formula is C15H27IN4S. The predicted molar refractivity (Wildman–Crippen MR) is 103 cm³/mol. The van der Waals surface area contributed by atoms with Crippen molar-refractivity contribution < 1.29 is 0 Å². The van der Waals surface area contributed by atoms with Crippen molar-refractivity contribution >= 4 is 41.3 Å². The van der Waals surface area contributed by atoms with Gasteiger partial charge >= 0.3 is 0 Å². The van der Waals surface area contributed by atoms with Crippen LogP contribution in [0.4, 0.5) is 0 Å². The van der Waals surface area contributed by atoms with E-state index in [1.807, 2.05) is 18.4 Å². The molecule has 1 unspecified atom stereocenters. The molecule has 2 N–H and O–H groups in total. The number of rotatable bonds is 5. The van der Waals surface area contributed by atoms with Crippen LogP contribution in [0.1, 0.15) is 23.1 Å². The molecule has 1 aliphatic rings. The molecular weight excluding hydrogens is 395 g/mol. The monoisotopic (exact) mass is 422 g/mol. The van der Waals surface area contributed by atoms with Gasteiger partial charge in [-0.25, -0.2) is 0 Å². The zero-order valence-electron chi connectivity index (χ0n) is 13.2. The molecule has 0 amide bonds. The zero-order valence-corrected chi connectivity index (χ0v) is 16.3. The number of halogens is 1. The van der Waals surface area contributed by atoms with Gasteiger partial charge in [0.25, 0.3) is 0 Å². The summed E-state index contributed by atoms with van der Waals surface area (Å²) in [5.41, 5.74) is 0. The van der Waals surface area contributed by atoms with Crippen molar-refractivity contribution in [1.29, 1.82) is 0 Å². The summed E-state index contributed by atoms with van der Waals surface area (Å²) >= 11 is 1.83. The number of aryl methyl sites for hydroxylation is 1. The molecule has 4 nitrogen and oxygen atoms in total. The largest absolute Gasteiger partial charge is 0.356 e. The van der Waals surface area contributed by atoms with Crippen molar-refractivity contribution in [2.45, 2.75) is 26.8 Å². The smallest absolute Gasteiger partial charge is 0.191 e. The van der Waals surface area contributed by atoms with Gasteiger partial charge in [-0.05, 0) is 44.5 Å². The van der Waals surface area contributed by atoms with Gasteiger partial charge < -0.3 is 15.5 Å². The number of hydrogen-bond donors (Lipinski definition) is 2. The maximum absolute atomic E-state index is 4.30. The molecule has 0 saturated carbocycles. The molecule has 0 bridgehead atoms. The van der Waals surface area contributed by atoms with E-state index in [-0.39, 0.29) is 24.0 Å². The molecule has 0 spiro atoms.